The molecule has 0 saturated carbocycles. The van der Waals surface area contributed by atoms with Gasteiger partial charge in [0.25, 0.3) is 0 Å². The molecular formula is C17H17N3O. The SMILES string of the molecule is CC(=O)c1ccccc1N(CCC#N)Cc1cccnc1. The van der Waals surface area contributed by atoms with Crippen LogP contribution in [0.4, 0.5) is 5.69 Å². The van der Waals surface area contributed by atoms with Crippen LogP contribution in [-0.2, 0) is 6.54 Å². The minimum atomic E-state index is 0.0266. The zero-order chi connectivity index (χ0) is 15.1. The van der Waals surface area contributed by atoms with E-state index in [9.17, 15) is 4.79 Å². The number of carbonyl (C=O) groups excluding carboxylic acids is 1. The van der Waals surface area contributed by atoms with Gasteiger partial charge in [-0.25, -0.2) is 0 Å². The van der Waals surface area contributed by atoms with Gasteiger partial charge in [-0.2, -0.15) is 5.26 Å². The minimum Gasteiger partial charge on any atom is -0.366 e. The van der Waals surface area contributed by atoms with Crippen LogP contribution in [0.3, 0.4) is 0 Å². The van der Waals surface area contributed by atoms with Crippen molar-refractivity contribution in [1.29, 1.82) is 5.26 Å². The molecule has 1 aromatic heterocycles. The maximum atomic E-state index is 11.8. The standard InChI is InChI=1S/C17H17N3O/c1-14(21)16-7-2-3-8-17(16)20(11-5-9-18)13-15-6-4-10-19-12-15/h2-4,6-8,10,12H,5,11,13H2,1H3. The van der Waals surface area contributed by atoms with Crippen LogP contribution in [-0.4, -0.2) is 17.3 Å². The summed E-state index contributed by atoms with van der Waals surface area (Å²) in [5.74, 6) is 0.0266. The highest BCUT2D eigenvalue weighted by atomic mass is 16.1. The van der Waals surface area contributed by atoms with E-state index in [1.165, 1.54) is 0 Å². The normalized spacial score (nSPS) is 9.90. The van der Waals surface area contributed by atoms with Gasteiger partial charge in [0.05, 0.1) is 12.5 Å². The van der Waals surface area contributed by atoms with Gasteiger partial charge < -0.3 is 4.90 Å². The molecule has 0 aliphatic rings. The summed E-state index contributed by atoms with van der Waals surface area (Å²) in [4.78, 5) is 18.0. The Morgan fingerprint density at radius 1 is 1.29 bits per heavy atom. The van der Waals surface area contributed by atoms with Crippen molar-refractivity contribution in [2.45, 2.75) is 19.9 Å². The molecule has 2 rings (SSSR count). The molecule has 0 spiro atoms. The van der Waals surface area contributed by atoms with Gasteiger partial charge in [-0.15, -0.1) is 0 Å². The highest BCUT2D eigenvalue weighted by Gasteiger charge is 2.14. The first-order valence-corrected chi connectivity index (χ1v) is 6.83. The fourth-order valence-electron chi connectivity index (χ4n) is 2.23. The lowest BCUT2D eigenvalue weighted by atomic mass is 10.1. The number of carbonyl (C=O) groups is 1. The Kier molecular flexibility index (Phi) is 5.05. The quantitative estimate of drug-likeness (QED) is 0.762. The van der Waals surface area contributed by atoms with Gasteiger partial charge in [0.2, 0.25) is 0 Å². The van der Waals surface area contributed by atoms with E-state index in [-0.39, 0.29) is 5.78 Å². The summed E-state index contributed by atoms with van der Waals surface area (Å²) < 4.78 is 0. The lowest BCUT2D eigenvalue weighted by Gasteiger charge is -2.25. The first-order valence-electron chi connectivity index (χ1n) is 6.83. The van der Waals surface area contributed by atoms with Gasteiger partial charge in [0, 0.05) is 36.7 Å². The summed E-state index contributed by atoms with van der Waals surface area (Å²) in [6.45, 7) is 2.76. The van der Waals surface area contributed by atoms with E-state index >= 15 is 0 Å². The topological polar surface area (TPSA) is 57.0 Å². The second-order valence-electron chi connectivity index (χ2n) is 4.76. The Labute approximate surface area is 124 Å². The fraction of sp³-hybridized carbons (Fsp3) is 0.235. The first kappa shape index (κ1) is 14.7. The maximum Gasteiger partial charge on any atom is 0.161 e. The van der Waals surface area contributed by atoms with Crippen molar-refractivity contribution in [2.24, 2.45) is 0 Å². The number of nitrogens with zero attached hydrogens (tertiary/aromatic N) is 3. The van der Waals surface area contributed by atoms with Gasteiger partial charge >= 0.3 is 0 Å². The Morgan fingerprint density at radius 3 is 2.76 bits per heavy atom. The van der Waals surface area contributed by atoms with E-state index in [1.54, 1.807) is 19.3 Å². The van der Waals surface area contributed by atoms with Crippen molar-refractivity contribution >= 4 is 11.5 Å². The fourth-order valence-corrected chi connectivity index (χ4v) is 2.23. The van der Waals surface area contributed by atoms with Crippen molar-refractivity contribution in [3.8, 4) is 6.07 Å². The number of aromatic nitrogens is 1. The molecule has 0 saturated heterocycles. The van der Waals surface area contributed by atoms with E-state index in [1.807, 2.05) is 36.4 Å². The monoisotopic (exact) mass is 279 g/mol. The smallest absolute Gasteiger partial charge is 0.161 e. The number of para-hydroxylation sites is 1. The summed E-state index contributed by atoms with van der Waals surface area (Å²) in [6, 6.07) is 13.5. The van der Waals surface area contributed by atoms with Gasteiger partial charge in [-0.1, -0.05) is 18.2 Å². The zero-order valence-electron chi connectivity index (χ0n) is 12.0. The Hall–Kier alpha value is -2.67. The molecule has 1 heterocycles. The maximum absolute atomic E-state index is 11.8. The summed E-state index contributed by atoms with van der Waals surface area (Å²) >= 11 is 0. The van der Waals surface area contributed by atoms with Gasteiger partial charge in [-0.3, -0.25) is 9.78 Å². The van der Waals surface area contributed by atoms with Crippen molar-refractivity contribution in [2.75, 3.05) is 11.4 Å². The van der Waals surface area contributed by atoms with Crippen LogP contribution in [0.5, 0.6) is 0 Å². The summed E-state index contributed by atoms with van der Waals surface area (Å²) in [5, 5.41) is 8.85. The summed E-state index contributed by atoms with van der Waals surface area (Å²) in [5.41, 5.74) is 2.59. The molecule has 0 fully saturated rings. The molecule has 0 amide bonds. The van der Waals surface area contributed by atoms with Gasteiger partial charge in [0.1, 0.15) is 0 Å². The number of hydrogen-bond acceptors (Lipinski definition) is 4. The predicted octanol–water partition coefficient (Wildman–Crippen LogP) is 3.20. The molecule has 4 heteroatoms. The van der Waals surface area contributed by atoms with E-state index in [4.69, 9.17) is 5.26 Å². The molecule has 1 aromatic carbocycles. The van der Waals surface area contributed by atoms with E-state index < -0.39 is 0 Å². The third kappa shape index (κ3) is 3.90. The molecule has 2 aromatic rings. The highest BCUT2D eigenvalue weighted by Crippen LogP contribution is 2.23. The number of anilines is 1. The number of pyridine rings is 1. The molecule has 0 bridgehead atoms. The Morgan fingerprint density at radius 2 is 2.10 bits per heavy atom. The lowest BCUT2D eigenvalue weighted by molar-refractivity contribution is 0.101. The third-order valence-corrected chi connectivity index (χ3v) is 3.21. The average Bonchev–Trinajstić information content (AvgIpc) is 2.52. The Balaban J connectivity index is 2.32. The molecular weight excluding hydrogens is 262 g/mol. The molecule has 0 unspecified atom stereocenters. The number of Topliss-reactive ketones (excluding diaryl/α,β-unsaturated/α-hetero) is 1. The number of nitriles is 1. The van der Waals surface area contributed by atoms with E-state index in [2.05, 4.69) is 16.0 Å². The van der Waals surface area contributed by atoms with Gasteiger partial charge in [-0.05, 0) is 30.7 Å². The van der Waals surface area contributed by atoms with Crippen molar-refractivity contribution in [3.63, 3.8) is 0 Å². The van der Waals surface area contributed by atoms with E-state index in [0.29, 0.717) is 25.1 Å². The predicted molar refractivity (Wildman–Crippen MR) is 82.0 cm³/mol. The average molecular weight is 279 g/mol. The minimum absolute atomic E-state index is 0.0266. The lowest BCUT2D eigenvalue weighted by Crippen LogP contribution is -2.25. The van der Waals surface area contributed by atoms with Crippen LogP contribution >= 0.6 is 0 Å². The van der Waals surface area contributed by atoms with Crippen molar-refractivity contribution in [3.05, 3.63) is 59.9 Å². The van der Waals surface area contributed by atoms with Crippen LogP contribution < -0.4 is 4.90 Å². The second-order valence-corrected chi connectivity index (χ2v) is 4.76. The highest BCUT2D eigenvalue weighted by molar-refractivity contribution is 5.99. The van der Waals surface area contributed by atoms with Crippen LogP contribution in [0, 0.1) is 11.3 Å². The number of hydrogen-bond donors (Lipinski definition) is 0. The van der Waals surface area contributed by atoms with Crippen molar-refractivity contribution in [1.82, 2.24) is 4.98 Å². The second kappa shape index (κ2) is 7.20. The summed E-state index contributed by atoms with van der Waals surface area (Å²) in [7, 11) is 0. The summed E-state index contributed by atoms with van der Waals surface area (Å²) in [6.07, 6.45) is 3.94. The molecule has 106 valence electrons. The largest absolute Gasteiger partial charge is 0.366 e. The first-order chi connectivity index (χ1) is 10.2. The van der Waals surface area contributed by atoms with Crippen LogP contribution in [0.25, 0.3) is 0 Å². The van der Waals surface area contributed by atoms with Crippen LogP contribution in [0.1, 0.15) is 29.3 Å². The zero-order valence-corrected chi connectivity index (χ0v) is 12.0. The molecule has 0 atom stereocenters. The van der Waals surface area contributed by atoms with Crippen molar-refractivity contribution < 1.29 is 4.79 Å². The van der Waals surface area contributed by atoms with E-state index in [0.717, 1.165) is 11.3 Å². The van der Waals surface area contributed by atoms with Crippen LogP contribution in [0.15, 0.2) is 48.8 Å². The molecule has 0 N–H and O–H groups in total. The van der Waals surface area contributed by atoms with Crippen LogP contribution in [0.2, 0.25) is 0 Å². The number of ketones is 1. The molecule has 4 nitrogen and oxygen atoms in total. The number of benzene rings is 1. The molecule has 0 aliphatic heterocycles. The molecule has 0 radical (unpaired) electrons. The molecule has 0 aliphatic carbocycles. The molecule has 21 heavy (non-hydrogen) atoms. The number of rotatable bonds is 6. The van der Waals surface area contributed by atoms with Gasteiger partial charge in [0.15, 0.2) is 5.78 Å². The Bertz CT molecular complexity index is 647. The third-order valence-electron chi connectivity index (χ3n) is 3.21.